The predicted octanol–water partition coefficient (Wildman–Crippen LogP) is 3.22. The number of rotatable bonds is 9. The monoisotopic (exact) mass is 365 g/mol. The van der Waals surface area contributed by atoms with Crippen LogP contribution in [0.15, 0.2) is 48.7 Å². The third-order valence-corrected chi connectivity index (χ3v) is 5.50. The van der Waals surface area contributed by atoms with Gasteiger partial charge in [0.25, 0.3) is 0 Å². The van der Waals surface area contributed by atoms with Crippen molar-refractivity contribution in [2.45, 2.75) is 37.8 Å². The molecular weight excluding hydrogens is 341 g/mol. The zero-order valence-corrected chi connectivity index (χ0v) is 14.9. The van der Waals surface area contributed by atoms with Crippen LogP contribution in [-0.4, -0.2) is 33.2 Å². The summed E-state index contributed by atoms with van der Waals surface area (Å²) in [4.78, 5) is 4.37. The average molecular weight is 364 g/mol. The van der Waals surface area contributed by atoms with Crippen LogP contribution in [0.25, 0.3) is 0 Å². The summed E-state index contributed by atoms with van der Waals surface area (Å²) in [6.45, 7) is 2.81. The third kappa shape index (κ3) is 6.18. The van der Waals surface area contributed by atoms with Crippen molar-refractivity contribution in [3.63, 3.8) is 0 Å². The first kappa shape index (κ1) is 17.0. The Morgan fingerprint density at radius 3 is 2.64 bits per heavy atom. The molecule has 0 spiro atoms. The van der Waals surface area contributed by atoms with E-state index < -0.39 is 0 Å². The average Bonchev–Trinajstić information content (AvgIpc) is 2.58. The Balaban J connectivity index is 1.60. The van der Waals surface area contributed by atoms with E-state index in [1.807, 2.05) is 24.4 Å². The van der Waals surface area contributed by atoms with Crippen LogP contribution >= 0.6 is 0 Å². The van der Waals surface area contributed by atoms with Crippen LogP contribution in [0.5, 0.6) is 5.75 Å². The first-order chi connectivity index (χ1) is 10.8. The van der Waals surface area contributed by atoms with E-state index in [9.17, 15) is 0 Å². The van der Waals surface area contributed by atoms with Gasteiger partial charge in [0, 0.05) is 0 Å². The maximum atomic E-state index is 5.90. The molecule has 0 amide bonds. The fourth-order valence-electron chi connectivity index (χ4n) is 2.02. The van der Waals surface area contributed by atoms with E-state index >= 15 is 0 Å². The SMILES string of the molecule is COc1ccc(COC(C)CCC[Se]c2ccccn2)cc1. The summed E-state index contributed by atoms with van der Waals surface area (Å²) in [7, 11) is 1.68. The Bertz CT molecular complexity index is 531. The van der Waals surface area contributed by atoms with Gasteiger partial charge in [-0.05, 0) is 0 Å². The molecule has 2 aromatic rings. The second-order valence-electron chi connectivity index (χ2n) is 5.13. The van der Waals surface area contributed by atoms with Crippen molar-refractivity contribution in [3.8, 4) is 5.75 Å². The summed E-state index contributed by atoms with van der Waals surface area (Å²) in [6.07, 6.45) is 4.46. The van der Waals surface area contributed by atoms with Gasteiger partial charge in [-0.2, -0.15) is 0 Å². The molecular formula is C18H23NO2Se. The van der Waals surface area contributed by atoms with Crippen LogP contribution in [0.1, 0.15) is 25.3 Å². The Labute approximate surface area is 139 Å². The summed E-state index contributed by atoms with van der Waals surface area (Å²) < 4.78 is 12.3. The molecule has 0 fully saturated rings. The fourth-order valence-corrected chi connectivity index (χ4v) is 3.77. The molecule has 22 heavy (non-hydrogen) atoms. The van der Waals surface area contributed by atoms with Crippen molar-refractivity contribution in [2.75, 3.05) is 7.11 Å². The van der Waals surface area contributed by atoms with Crippen molar-refractivity contribution < 1.29 is 9.47 Å². The predicted molar refractivity (Wildman–Crippen MR) is 90.9 cm³/mol. The molecule has 0 saturated heterocycles. The van der Waals surface area contributed by atoms with Crippen LogP contribution in [0, 0.1) is 0 Å². The molecule has 1 aromatic carbocycles. The molecule has 4 heteroatoms. The standard InChI is InChI=1S/C18H23NO2Se/c1-15(6-5-13-22-18-7-3-4-12-19-18)21-14-16-8-10-17(20-2)11-9-16/h3-4,7-12,15H,5-6,13-14H2,1-2H3. The van der Waals surface area contributed by atoms with E-state index in [1.165, 1.54) is 21.9 Å². The van der Waals surface area contributed by atoms with Gasteiger partial charge in [-0.25, -0.2) is 0 Å². The topological polar surface area (TPSA) is 31.4 Å². The number of hydrogen-bond donors (Lipinski definition) is 0. The van der Waals surface area contributed by atoms with E-state index in [0.717, 1.165) is 12.2 Å². The minimum atomic E-state index is 0.293. The van der Waals surface area contributed by atoms with Crippen LogP contribution < -0.4 is 9.33 Å². The van der Waals surface area contributed by atoms with Gasteiger partial charge in [0.05, 0.1) is 0 Å². The van der Waals surface area contributed by atoms with Gasteiger partial charge in [0.15, 0.2) is 0 Å². The number of methoxy groups -OCH3 is 1. The molecule has 0 radical (unpaired) electrons. The van der Waals surface area contributed by atoms with Gasteiger partial charge in [0.2, 0.25) is 0 Å². The van der Waals surface area contributed by atoms with Crippen molar-refractivity contribution in [1.82, 2.24) is 4.98 Å². The summed E-state index contributed by atoms with van der Waals surface area (Å²) >= 11 is 0.483. The maximum absolute atomic E-state index is 5.90. The Hall–Kier alpha value is -1.35. The number of pyridine rings is 1. The molecule has 118 valence electrons. The van der Waals surface area contributed by atoms with Gasteiger partial charge in [0.1, 0.15) is 0 Å². The first-order valence-electron chi connectivity index (χ1n) is 7.56. The van der Waals surface area contributed by atoms with E-state index in [1.54, 1.807) is 7.11 Å². The molecule has 1 heterocycles. The second-order valence-corrected chi connectivity index (χ2v) is 7.47. The molecule has 3 nitrogen and oxygen atoms in total. The van der Waals surface area contributed by atoms with Crippen molar-refractivity contribution in [2.24, 2.45) is 0 Å². The van der Waals surface area contributed by atoms with Crippen LogP contribution in [0.3, 0.4) is 0 Å². The number of benzene rings is 1. The normalized spacial score (nSPS) is 12.1. The Morgan fingerprint density at radius 2 is 1.95 bits per heavy atom. The Morgan fingerprint density at radius 1 is 1.14 bits per heavy atom. The van der Waals surface area contributed by atoms with Gasteiger partial charge >= 0.3 is 139 Å². The van der Waals surface area contributed by atoms with E-state index in [2.05, 4.69) is 36.2 Å². The van der Waals surface area contributed by atoms with Crippen molar-refractivity contribution in [3.05, 3.63) is 54.2 Å². The second kappa shape index (κ2) is 9.62. The molecule has 0 aliphatic carbocycles. The van der Waals surface area contributed by atoms with Gasteiger partial charge < -0.3 is 0 Å². The fraction of sp³-hybridized carbons (Fsp3) is 0.389. The summed E-state index contributed by atoms with van der Waals surface area (Å²) in [5, 5.41) is 1.22. The molecule has 0 saturated carbocycles. The summed E-state index contributed by atoms with van der Waals surface area (Å²) in [5.41, 5.74) is 1.19. The molecule has 1 aromatic heterocycles. The van der Waals surface area contributed by atoms with Crippen LogP contribution in [0.2, 0.25) is 5.32 Å². The zero-order chi connectivity index (χ0) is 15.6. The van der Waals surface area contributed by atoms with Gasteiger partial charge in [-0.3, -0.25) is 0 Å². The molecule has 0 N–H and O–H groups in total. The summed E-state index contributed by atoms with van der Waals surface area (Å²) in [6, 6.07) is 14.2. The van der Waals surface area contributed by atoms with E-state index in [4.69, 9.17) is 9.47 Å². The minimum absolute atomic E-state index is 0.293. The molecule has 0 aliphatic rings. The molecule has 1 atom stereocenters. The van der Waals surface area contributed by atoms with Gasteiger partial charge in [-0.15, -0.1) is 0 Å². The van der Waals surface area contributed by atoms with Gasteiger partial charge in [-0.1, -0.05) is 0 Å². The van der Waals surface area contributed by atoms with Crippen molar-refractivity contribution >= 4 is 19.5 Å². The number of nitrogens with zero attached hydrogens (tertiary/aromatic N) is 1. The number of aromatic nitrogens is 1. The van der Waals surface area contributed by atoms with E-state index in [0.29, 0.717) is 27.7 Å². The zero-order valence-electron chi connectivity index (χ0n) is 13.2. The molecule has 0 aliphatic heterocycles. The van der Waals surface area contributed by atoms with Crippen LogP contribution in [0.4, 0.5) is 0 Å². The Kier molecular flexibility index (Phi) is 7.44. The number of hydrogen-bond acceptors (Lipinski definition) is 3. The molecule has 0 bridgehead atoms. The molecule has 2 rings (SSSR count). The number of ether oxygens (including phenoxy) is 2. The third-order valence-electron chi connectivity index (χ3n) is 3.34. The quantitative estimate of drug-likeness (QED) is 0.506. The van der Waals surface area contributed by atoms with Crippen molar-refractivity contribution in [1.29, 1.82) is 0 Å². The van der Waals surface area contributed by atoms with Crippen LogP contribution in [-0.2, 0) is 11.3 Å². The van der Waals surface area contributed by atoms with E-state index in [-0.39, 0.29) is 0 Å². The summed E-state index contributed by atoms with van der Waals surface area (Å²) in [5.74, 6) is 0.883. The first-order valence-corrected chi connectivity index (χ1v) is 9.63. The molecule has 1 unspecified atom stereocenters.